The van der Waals surface area contributed by atoms with Crippen molar-refractivity contribution in [1.29, 1.82) is 0 Å². The van der Waals surface area contributed by atoms with Gasteiger partial charge in [-0.3, -0.25) is 25.0 Å². The van der Waals surface area contributed by atoms with Gasteiger partial charge in [0, 0.05) is 67.3 Å². The number of piperazine rings is 1. The van der Waals surface area contributed by atoms with E-state index in [-0.39, 0.29) is 22.3 Å². The van der Waals surface area contributed by atoms with Crippen molar-refractivity contribution < 1.29 is 19.2 Å². The molecule has 0 aliphatic carbocycles. The van der Waals surface area contributed by atoms with Gasteiger partial charge >= 0.3 is 0 Å². The average molecular weight is 651 g/mol. The van der Waals surface area contributed by atoms with Crippen LogP contribution in [0, 0.1) is 16.0 Å². The number of nitrogens with one attached hydrogen (secondary N) is 2. The molecule has 3 aromatic carbocycles. The lowest BCUT2D eigenvalue weighted by Gasteiger charge is -2.36. The first-order valence-electron chi connectivity index (χ1n) is 14.8. The van der Waals surface area contributed by atoms with E-state index in [1.165, 1.54) is 13.2 Å². The van der Waals surface area contributed by atoms with Gasteiger partial charge in [0.15, 0.2) is 5.11 Å². The van der Waals surface area contributed by atoms with Crippen LogP contribution in [-0.2, 0) is 0 Å². The van der Waals surface area contributed by atoms with Gasteiger partial charge in [-0.05, 0) is 85.6 Å². The van der Waals surface area contributed by atoms with Crippen LogP contribution >= 0.6 is 23.8 Å². The molecule has 0 unspecified atom stereocenters. The van der Waals surface area contributed by atoms with Crippen molar-refractivity contribution in [2.45, 2.75) is 19.8 Å². The van der Waals surface area contributed by atoms with Crippen molar-refractivity contribution in [2.24, 2.45) is 5.92 Å². The Morgan fingerprint density at radius 1 is 0.956 bits per heavy atom. The fraction of sp³-hybridized carbons (Fsp3) is 0.344. The Morgan fingerprint density at radius 2 is 1.64 bits per heavy atom. The SMILES string of the molecule is COc1ccc(Cl)cc1C(=O)N1CCN(c2ccc(NC(=S)NC(=O)c3ccc(N4CCC(C)CC4)c([N+](=O)[O-])c3)cc2)CC1. The van der Waals surface area contributed by atoms with E-state index in [0.29, 0.717) is 59.8 Å². The molecule has 2 saturated heterocycles. The number of rotatable bonds is 7. The summed E-state index contributed by atoms with van der Waals surface area (Å²) in [6.45, 7) is 6.06. The number of halogens is 1. The highest BCUT2D eigenvalue weighted by Crippen LogP contribution is 2.32. The van der Waals surface area contributed by atoms with Gasteiger partial charge in [0.2, 0.25) is 0 Å². The summed E-state index contributed by atoms with van der Waals surface area (Å²) in [4.78, 5) is 43.4. The van der Waals surface area contributed by atoms with Crippen molar-refractivity contribution in [3.8, 4) is 5.75 Å². The van der Waals surface area contributed by atoms with Crippen molar-refractivity contribution in [3.05, 3.63) is 86.9 Å². The molecule has 2 amide bonds. The van der Waals surface area contributed by atoms with E-state index in [2.05, 4.69) is 22.5 Å². The number of nitro groups is 1. The molecule has 2 fully saturated rings. The van der Waals surface area contributed by atoms with Crippen molar-refractivity contribution in [1.82, 2.24) is 10.2 Å². The maximum Gasteiger partial charge on any atom is 0.293 e. The number of carbonyl (C=O) groups excluding carboxylic acids is 2. The Bertz CT molecular complexity index is 1590. The van der Waals surface area contributed by atoms with Gasteiger partial charge in [0.05, 0.1) is 17.6 Å². The maximum atomic E-state index is 13.1. The molecule has 2 heterocycles. The lowest BCUT2D eigenvalue weighted by Crippen LogP contribution is -2.48. The zero-order valence-corrected chi connectivity index (χ0v) is 26.7. The maximum absolute atomic E-state index is 13.1. The number of hydrogen-bond acceptors (Lipinski definition) is 8. The Labute approximate surface area is 272 Å². The summed E-state index contributed by atoms with van der Waals surface area (Å²) < 4.78 is 5.35. The van der Waals surface area contributed by atoms with Crippen LogP contribution in [-0.4, -0.2) is 73.1 Å². The number of ether oxygens (including phenoxy) is 1. The standard InChI is InChI=1S/C32H35ClN6O5S/c1-21-11-13-37(14-12-21)27-9-3-22(19-28(27)39(42)43)30(40)35-32(45)34-24-5-7-25(8-6-24)36-15-17-38(18-16-36)31(41)26-20-23(33)4-10-29(26)44-2/h3-10,19-21H,11-18H2,1-2H3,(H2,34,35,40,45). The summed E-state index contributed by atoms with van der Waals surface area (Å²) >= 11 is 11.5. The molecular formula is C32H35ClN6O5S. The number of anilines is 3. The highest BCUT2D eigenvalue weighted by atomic mass is 35.5. The second-order valence-electron chi connectivity index (χ2n) is 11.2. The summed E-state index contributed by atoms with van der Waals surface area (Å²) in [5.41, 5.74) is 2.69. The molecule has 0 saturated carbocycles. The molecule has 3 aromatic rings. The van der Waals surface area contributed by atoms with Crippen molar-refractivity contribution >= 4 is 63.5 Å². The molecule has 0 spiro atoms. The molecule has 0 atom stereocenters. The molecule has 2 N–H and O–H groups in total. The van der Waals surface area contributed by atoms with Crippen molar-refractivity contribution in [2.75, 3.05) is 61.5 Å². The summed E-state index contributed by atoms with van der Waals surface area (Å²) in [5.74, 6) is 0.431. The van der Waals surface area contributed by atoms with Crippen LogP contribution in [0.25, 0.3) is 0 Å². The Balaban J connectivity index is 1.14. The molecule has 45 heavy (non-hydrogen) atoms. The van der Waals surface area contributed by atoms with E-state index >= 15 is 0 Å². The number of thiocarbonyl (C=S) groups is 1. The highest BCUT2D eigenvalue weighted by molar-refractivity contribution is 7.80. The average Bonchev–Trinajstić information content (AvgIpc) is 3.05. The lowest BCUT2D eigenvalue weighted by molar-refractivity contribution is -0.384. The molecule has 236 valence electrons. The summed E-state index contributed by atoms with van der Waals surface area (Å²) in [5, 5.41) is 18.0. The van der Waals surface area contributed by atoms with E-state index < -0.39 is 10.8 Å². The van der Waals surface area contributed by atoms with Crippen LogP contribution < -0.4 is 25.2 Å². The molecule has 13 heteroatoms. The van der Waals surface area contributed by atoms with Crippen LogP contribution in [0.2, 0.25) is 5.02 Å². The Kier molecular flexibility index (Phi) is 10.0. The molecule has 0 bridgehead atoms. The van der Waals surface area contributed by atoms with Gasteiger partial charge in [0.25, 0.3) is 17.5 Å². The summed E-state index contributed by atoms with van der Waals surface area (Å²) in [6, 6.07) is 17.1. The number of carbonyl (C=O) groups is 2. The zero-order valence-electron chi connectivity index (χ0n) is 25.1. The quantitative estimate of drug-likeness (QED) is 0.192. The van der Waals surface area contributed by atoms with Crippen LogP contribution in [0.3, 0.4) is 0 Å². The van der Waals surface area contributed by atoms with Gasteiger partial charge in [-0.1, -0.05) is 18.5 Å². The normalized spacial score (nSPS) is 15.4. The van der Waals surface area contributed by atoms with Gasteiger partial charge in [-0.2, -0.15) is 0 Å². The van der Waals surface area contributed by atoms with Crippen LogP contribution in [0.15, 0.2) is 60.7 Å². The topological polar surface area (TPSA) is 120 Å². The van der Waals surface area contributed by atoms with E-state index in [9.17, 15) is 19.7 Å². The summed E-state index contributed by atoms with van der Waals surface area (Å²) in [7, 11) is 1.53. The molecule has 0 aromatic heterocycles. The minimum absolute atomic E-state index is 0.0769. The fourth-order valence-corrected chi connectivity index (χ4v) is 5.99. The first-order chi connectivity index (χ1) is 21.6. The molecule has 0 radical (unpaired) electrons. The predicted molar refractivity (Wildman–Crippen MR) is 180 cm³/mol. The number of nitro benzene ring substituents is 1. The first-order valence-corrected chi connectivity index (χ1v) is 15.5. The van der Waals surface area contributed by atoms with E-state index in [4.69, 9.17) is 28.6 Å². The second-order valence-corrected chi connectivity index (χ2v) is 12.1. The number of piperidine rings is 1. The molecular weight excluding hydrogens is 616 g/mol. The third-order valence-electron chi connectivity index (χ3n) is 8.23. The molecule has 11 nitrogen and oxygen atoms in total. The number of nitrogens with zero attached hydrogens (tertiary/aromatic N) is 4. The van der Waals surface area contributed by atoms with Crippen LogP contribution in [0.1, 0.15) is 40.5 Å². The number of benzene rings is 3. The summed E-state index contributed by atoms with van der Waals surface area (Å²) in [6.07, 6.45) is 1.94. The van der Waals surface area contributed by atoms with Crippen LogP contribution in [0.4, 0.5) is 22.7 Å². The lowest BCUT2D eigenvalue weighted by atomic mass is 9.98. The van der Waals surface area contributed by atoms with Gasteiger partial charge in [-0.15, -0.1) is 0 Å². The first kappa shape index (κ1) is 32.0. The highest BCUT2D eigenvalue weighted by Gasteiger charge is 2.26. The fourth-order valence-electron chi connectivity index (χ4n) is 5.61. The van der Waals surface area contributed by atoms with Gasteiger partial charge in [0.1, 0.15) is 11.4 Å². The molecule has 5 rings (SSSR count). The molecule has 2 aliphatic heterocycles. The van der Waals surface area contributed by atoms with Crippen LogP contribution in [0.5, 0.6) is 5.75 Å². The van der Waals surface area contributed by atoms with E-state index in [1.807, 2.05) is 29.2 Å². The zero-order chi connectivity index (χ0) is 32.1. The smallest absolute Gasteiger partial charge is 0.293 e. The van der Waals surface area contributed by atoms with Crippen molar-refractivity contribution in [3.63, 3.8) is 0 Å². The number of amides is 2. The van der Waals surface area contributed by atoms with E-state index in [1.54, 1.807) is 35.2 Å². The van der Waals surface area contributed by atoms with Gasteiger partial charge < -0.3 is 24.8 Å². The largest absolute Gasteiger partial charge is 0.496 e. The molecule has 2 aliphatic rings. The minimum atomic E-state index is -0.533. The predicted octanol–water partition coefficient (Wildman–Crippen LogP) is 5.58. The number of hydrogen-bond donors (Lipinski definition) is 2. The van der Waals surface area contributed by atoms with Gasteiger partial charge in [-0.25, -0.2) is 0 Å². The second kappa shape index (κ2) is 14.1. The minimum Gasteiger partial charge on any atom is -0.496 e. The third kappa shape index (κ3) is 7.63. The third-order valence-corrected chi connectivity index (χ3v) is 8.67. The monoisotopic (exact) mass is 650 g/mol. The van der Waals surface area contributed by atoms with E-state index in [0.717, 1.165) is 31.6 Å². The Hall–Kier alpha value is -4.42. The Morgan fingerprint density at radius 3 is 2.29 bits per heavy atom. The number of methoxy groups -OCH3 is 1.